The first-order chi connectivity index (χ1) is 15.7. The van der Waals surface area contributed by atoms with Crippen LogP contribution in [0.1, 0.15) is 5.56 Å². The third kappa shape index (κ3) is 3.79. The lowest BCUT2D eigenvalue weighted by atomic mass is 10.1. The molecule has 3 aromatic carbocycles. The number of benzene rings is 3. The van der Waals surface area contributed by atoms with E-state index in [1.807, 2.05) is 66.7 Å². The van der Waals surface area contributed by atoms with Crippen molar-refractivity contribution in [1.29, 1.82) is 0 Å². The smallest absolute Gasteiger partial charge is 0.150 e. The lowest BCUT2D eigenvalue weighted by molar-refractivity contribution is 0.410. The molecule has 5 aromatic rings. The zero-order chi connectivity index (χ0) is 21.9. The summed E-state index contributed by atoms with van der Waals surface area (Å²) in [5.41, 5.74) is 4.94. The van der Waals surface area contributed by atoms with Crippen molar-refractivity contribution in [1.82, 2.24) is 14.5 Å². The summed E-state index contributed by atoms with van der Waals surface area (Å²) in [6, 6.07) is 26.0. The van der Waals surface area contributed by atoms with Crippen LogP contribution in [-0.2, 0) is 6.54 Å². The molecule has 32 heavy (non-hydrogen) atoms. The molecule has 0 unspecified atom stereocenters. The summed E-state index contributed by atoms with van der Waals surface area (Å²) in [4.78, 5) is 9.21. The maximum atomic E-state index is 6.28. The SMILES string of the molecule is COc1ccccc1CNc1ncnc2c1c(-c1ccccc1)cn2-c1cccc(Cl)c1. The Balaban J connectivity index is 1.66. The third-order valence-corrected chi connectivity index (χ3v) is 5.63. The van der Waals surface area contributed by atoms with E-state index in [0.717, 1.165) is 45.0 Å². The monoisotopic (exact) mass is 440 g/mol. The van der Waals surface area contributed by atoms with E-state index in [0.29, 0.717) is 11.6 Å². The minimum atomic E-state index is 0.576. The highest BCUT2D eigenvalue weighted by Crippen LogP contribution is 2.36. The lowest BCUT2D eigenvalue weighted by Gasteiger charge is -2.11. The van der Waals surface area contributed by atoms with Gasteiger partial charge in [-0.15, -0.1) is 0 Å². The Bertz CT molecular complexity index is 1380. The average Bonchev–Trinajstić information content (AvgIpc) is 3.24. The molecule has 1 N–H and O–H groups in total. The van der Waals surface area contributed by atoms with Gasteiger partial charge in [-0.3, -0.25) is 0 Å². The molecule has 6 heteroatoms. The van der Waals surface area contributed by atoms with E-state index in [-0.39, 0.29) is 0 Å². The Morgan fingerprint density at radius 3 is 2.56 bits per heavy atom. The van der Waals surface area contributed by atoms with Crippen LogP contribution >= 0.6 is 11.6 Å². The highest BCUT2D eigenvalue weighted by atomic mass is 35.5. The van der Waals surface area contributed by atoms with Crippen molar-refractivity contribution in [2.45, 2.75) is 6.54 Å². The molecule has 5 rings (SSSR count). The summed E-state index contributed by atoms with van der Waals surface area (Å²) in [5, 5.41) is 5.12. The fourth-order valence-corrected chi connectivity index (χ4v) is 4.07. The molecule has 0 aliphatic heterocycles. The number of halogens is 1. The quantitative estimate of drug-likeness (QED) is 0.333. The van der Waals surface area contributed by atoms with Crippen LogP contribution in [0, 0.1) is 0 Å². The number of fused-ring (bicyclic) bond motifs is 1. The number of methoxy groups -OCH3 is 1. The van der Waals surface area contributed by atoms with Gasteiger partial charge in [-0.2, -0.15) is 0 Å². The standard InChI is InChI=1S/C26H21ClN4O/c1-32-23-13-6-5-10-19(23)15-28-25-24-22(18-8-3-2-4-9-18)16-31(26(24)30-17-29-25)21-12-7-11-20(27)14-21/h2-14,16-17H,15H2,1H3,(H,28,29,30). The van der Waals surface area contributed by atoms with E-state index in [1.165, 1.54) is 0 Å². The van der Waals surface area contributed by atoms with Crippen LogP contribution in [0.4, 0.5) is 5.82 Å². The summed E-state index contributed by atoms with van der Waals surface area (Å²) in [6.45, 7) is 0.576. The molecular formula is C26H21ClN4O. The Labute approximate surface area is 191 Å². The van der Waals surface area contributed by atoms with Crippen molar-refractivity contribution in [2.75, 3.05) is 12.4 Å². The molecule has 0 saturated carbocycles. The van der Waals surface area contributed by atoms with Crippen molar-refractivity contribution in [3.8, 4) is 22.6 Å². The van der Waals surface area contributed by atoms with Gasteiger partial charge in [0.15, 0.2) is 5.65 Å². The highest BCUT2D eigenvalue weighted by Gasteiger charge is 2.17. The number of ether oxygens (including phenoxy) is 1. The fraction of sp³-hybridized carbons (Fsp3) is 0.0769. The van der Waals surface area contributed by atoms with Gasteiger partial charge in [0.05, 0.1) is 12.5 Å². The molecule has 158 valence electrons. The normalized spacial score (nSPS) is 10.9. The summed E-state index contributed by atoms with van der Waals surface area (Å²) in [5.74, 6) is 1.60. The molecule has 0 aliphatic carbocycles. The van der Waals surface area contributed by atoms with Crippen molar-refractivity contribution in [3.05, 3.63) is 102 Å². The minimum absolute atomic E-state index is 0.576. The number of para-hydroxylation sites is 1. The van der Waals surface area contributed by atoms with E-state index >= 15 is 0 Å². The first-order valence-electron chi connectivity index (χ1n) is 10.3. The summed E-state index contributed by atoms with van der Waals surface area (Å²) >= 11 is 6.28. The molecule has 0 saturated heterocycles. The zero-order valence-corrected chi connectivity index (χ0v) is 18.3. The van der Waals surface area contributed by atoms with Gasteiger partial charge in [-0.05, 0) is 29.8 Å². The van der Waals surface area contributed by atoms with E-state index in [9.17, 15) is 0 Å². The maximum absolute atomic E-state index is 6.28. The predicted octanol–water partition coefficient (Wildman–Crippen LogP) is 6.36. The first-order valence-corrected chi connectivity index (χ1v) is 10.7. The number of anilines is 1. The van der Waals surface area contributed by atoms with Crippen LogP contribution < -0.4 is 10.1 Å². The molecule has 0 atom stereocenters. The second-order valence-electron chi connectivity index (χ2n) is 7.34. The molecule has 0 fully saturated rings. The van der Waals surface area contributed by atoms with Gasteiger partial charge in [0.1, 0.15) is 17.9 Å². The largest absolute Gasteiger partial charge is 0.496 e. The molecule has 0 bridgehead atoms. The minimum Gasteiger partial charge on any atom is -0.496 e. The maximum Gasteiger partial charge on any atom is 0.150 e. The van der Waals surface area contributed by atoms with Gasteiger partial charge in [0.2, 0.25) is 0 Å². The van der Waals surface area contributed by atoms with Crippen LogP contribution in [0.2, 0.25) is 5.02 Å². The predicted molar refractivity (Wildman–Crippen MR) is 130 cm³/mol. The molecule has 0 aliphatic rings. The van der Waals surface area contributed by atoms with Gasteiger partial charge in [0, 0.05) is 34.6 Å². The highest BCUT2D eigenvalue weighted by molar-refractivity contribution is 6.30. The van der Waals surface area contributed by atoms with Gasteiger partial charge in [-0.25, -0.2) is 9.97 Å². The van der Waals surface area contributed by atoms with E-state index in [4.69, 9.17) is 16.3 Å². The van der Waals surface area contributed by atoms with Crippen molar-refractivity contribution in [2.24, 2.45) is 0 Å². The number of hydrogen-bond donors (Lipinski definition) is 1. The third-order valence-electron chi connectivity index (χ3n) is 5.39. The number of nitrogens with one attached hydrogen (secondary N) is 1. The summed E-state index contributed by atoms with van der Waals surface area (Å²) in [7, 11) is 1.68. The van der Waals surface area contributed by atoms with Crippen molar-refractivity contribution < 1.29 is 4.74 Å². The Morgan fingerprint density at radius 2 is 1.75 bits per heavy atom. The summed E-state index contributed by atoms with van der Waals surface area (Å²) < 4.78 is 7.55. The molecule has 0 spiro atoms. The lowest BCUT2D eigenvalue weighted by Crippen LogP contribution is -2.04. The summed E-state index contributed by atoms with van der Waals surface area (Å²) in [6.07, 6.45) is 3.68. The molecular weight excluding hydrogens is 420 g/mol. The fourth-order valence-electron chi connectivity index (χ4n) is 3.88. The average molecular weight is 441 g/mol. The van der Waals surface area contributed by atoms with Gasteiger partial charge in [0.25, 0.3) is 0 Å². The number of hydrogen-bond acceptors (Lipinski definition) is 4. The molecule has 0 amide bonds. The van der Waals surface area contributed by atoms with Crippen LogP contribution in [0.3, 0.4) is 0 Å². The van der Waals surface area contributed by atoms with E-state index in [2.05, 4.69) is 38.2 Å². The van der Waals surface area contributed by atoms with Crippen LogP contribution in [0.5, 0.6) is 5.75 Å². The van der Waals surface area contributed by atoms with E-state index < -0.39 is 0 Å². The van der Waals surface area contributed by atoms with Gasteiger partial charge in [-0.1, -0.05) is 66.2 Å². The zero-order valence-electron chi connectivity index (χ0n) is 17.5. The molecule has 0 radical (unpaired) electrons. The number of nitrogens with zero attached hydrogens (tertiary/aromatic N) is 3. The van der Waals surface area contributed by atoms with E-state index in [1.54, 1.807) is 13.4 Å². The Morgan fingerprint density at radius 1 is 0.938 bits per heavy atom. The Hall–Kier alpha value is -3.83. The molecule has 2 aromatic heterocycles. The first kappa shape index (κ1) is 20.1. The van der Waals surface area contributed by atoms with Gasteiger partial charge < -0.3 is 14.6 Å². The second kappa shape index (κ2) is 8.73. The number of aromatic nitrogens is 3. The van der Waals surface area contributed by atoms with Crippen molar-refractivity contribution >= 4 is 28.5 Å². The van der Waals surface area contributed by atoms with Crippen LogP contribution in [0.15, 0.2) is 91.4 Å². The second-order valence-corrected chi connectivity index (χ2v) is 7.78. The van der Waals surface area contributed by atoms with Gasteiger partial charge >= 0.3 is 0 Å². The van der Waals surface area contributed by atoms with Crippen LogP contribution in [0.25, 0.3) is 27.8 Å². The van der Waals surface area contributed by atoms with Crippen molar-refractivity contribution in [3.63, 3.8) is 0 Å². The van der Waals surface area contributed by atoms with Crippen LogP contribution in [-0.4, -0.2) is 21.6 Å². The topological polar surface area (TPSA) is 52.0 Å². The number of rotatable bonds is 6. The molecule has 5 nitrogen and oxygen atoms in total. The Kier molecular flexibility index (Phi) is 5.48. The molecule has 2 heterocycles.